The summed E-state index contributed by atoms with van der Waals surface area (Å²) in [7, 11) is 9.43. The van der Waals surface area contributed by atoms with Crippen molar-refractivity contribution < 1.29 is 0 Å². The van der Waals surface area contributed by atoms with Crippen LogP contribution in [0, 0.1) is 105 Å². The second kappa shape index (κ2) is 36.4. The summed E-state index contributed by atoms with van der Waals surface area (Å²) in [5.74, 6) is 0.565. The van der Waals surface area contributed by atoms with E-state index in [1.807, 2.05) is 278 Å². The number of aromatic nitrogens is 24. The minimum atomic E-state index is 0.0961. The van der Waals surface area contributed by atoms with Gasteiger partial charge in [0.05, 0.1) is 73.6 Å². The van der Waals surface area contributed by atoms with Crippen molar-refractivity contribution in [1.82, 2.24) is 118 Å². The largest absolute Gasteiger partial charge is 0.381 e. The summed E-state index contributed by atoms with van der Waals surface area (Å²) in [6.07, 6.45) is 16.3. The van der Waals surface area contributed by atoms with Crippen LogP contribution in [0.5, 0.6) is 0 Å². The molecule has 0 saturated carbocycles. The van der Waals surface area contributed by atoms with Gasteiger partial charge in [0, 0.05) is 179 Å². The molecule has 0 aliphatic rings. The van der Waals surface area contributed by atoms with E-state index >= 15 is 0 Å². The van der Waals surface area contributed by atoms with Crippen LogP contribution in [0.15, 0.2) is 207 Å². The van der Waals surface area contributed by atoms with Gasteiger partial charge in [0.25, 0.3) is 0 Å². The lowest BCUT2D eigenvalue weighted by Gasteiger charge is -2.12. The lowest BCUT2D eigenvalue weighted by molar-refractivity contribution is 0.731. The summed E-state index contributed by atoms with van der Waals surface area (Å²) in [4.78, 5) is 66.8. The highest BCUT2D eigenvalue weighted by Crippen LogP contribution is 2.41. The highest BCUT2D eigenvalue weighted by molar-refractivity contribution is 5.94. The number of nitrogen functional groups attached to an aromatic ring is 5. The van der Waals surface area contributed by atoms with Gasteiger partial charge in [-0.3, -0.25) is 43.6 Å². The first-order valence-electron chi connectivity index (χ1n) is 41.0. The fraction of sp³-hybridized carbons (Fsp3) is 0.122. The molecule has 15 aromatic heterocycles. The molecular formula is C98H80N34. The number of fused-ring (bicyclic) bond motifs is 5. The number of nitrogens with two attached hydrogens (primary N) is 5. The molecule has 20 aromatic rings. The van der Waals surface area contributed by atoms with E-state index in [2.05, 4.69) is 106 Å². The van der Waals surface area contributed by atoms with Crippen LogP contribution < -0.4 is 28.7 Å². The Labute approximate surface area is 755 Å². The Morgan fingerprint density at radius 2 is 0.606 bits per heavy atom. The predicted octanol–water partition coefficient (Wildman–Crippen LogP) is 15.5. The van der Waals surface area contributed by atoms with Gasteiger partial charge >= 0.3 is 0 Å². The van der Waals surface area contributed by atoms with Crippen LogP contribution in [0.4, 0.5) is 29.1 Å². The van der Waals surface area contributed by atoms with Gasteiger partial charge in [0.15, 0.2) is 57.6 Å². The van der Waals surface area contributed by atoms with Crippen molar-refractivity contribution in [3.05, 3.63) is 275 Å². The maximum Gasteiger partial charge on any atom is 0.183 e. The standard InChI is InChI=1S/C21H18N6.C20H17N7.3C19H15N7/c1-12-11-27(3)13(2)18(12)20-19(25-17(10-22)21(23)26-20)15-6-7-16-14(9-15)5-4-8-24-16;1-11-17(12(2)27(3)26-11)19-18(24-16(10-21)20(22)25-19)14-6-7-15-13(9-14)5-4-8-23-15;1-11-14(10-26(2)25-11)18-17(23-16(9-20)19(21)24-18)13-5-6-15-12(8-13)4-3-7-22-15;1-11-14(10-23-26(11)2)18-17(24-16(9-20)19(21)25-18)13-5-6-15-12(8-13)4-3-7-22-15;1-11-10-26(2)25-16(11)18-17(23-15(9-20)19(21)24-18)13-5-6-14-12(8-13)4-3-7-22-14/h4-9,11H,1-3H3,(H2,23,26);4-9H,1-3H3,(H2,22,25);3-8,10H,1-2H3,(H2,21,24);3-8,10H,1-2H3,(H2,21,25);3-8,10H,1-2H3,(H2,21,24). The van der Waals surface area contributed by atoms with E-state index in [-0.39, 0.29) is 57.6 Å². The average Bonchev–Trinajstić information content (AvgIpc) is 1.57. The molecule has 10 N–H and O–H groups in total. The normalized spacial score (nSPS) is 10.8. The summed E-state index contributed by atoms with van der Waals surface area (Å²) in [5, 5.41) is 69.3. The second-order valence-electron chi connectivity index (χ2n) is 30.8. The van der Waals surface area contributed by atoms with E-state index in [1.54, 1.807) is 55.9 Å². The van der Waals surface area contributed by atoms with E-state index in [4.69, 9.17) is 28.7 Å². The van der Waals surface area contributed by atoms with E-state index in [9.17, 15) is 26.3 Å². The van der Waals surface area contributed by atoms with Crippen molar-refractivity contribution in [2.24, 2.45) is 35.2 Å². The zero-order valence-corrected chi connectivity index (χ0v) is 73.5. The van der Waals surface area contributed by atoms with Crippen molar-refractivity contribution in [2.75, 3.05) is 28.7 Å². The molecule has 0 bridgehead atoms. The Bertz CT molecular complexity index is 7650. The van der Waals surface area contributed by atoms with Gasteiger partial charge < -0.3 is 33.2 Å². The molecule has 15 heterocycles. The smallest absolute Gasteiger partial charge is 0.183 e. The first kappa shape index (κ1) is 86.6. The van der Waals surface area contributed by atoms with E-state index in [0.29, 0.717) is 62.6 Å². The van der Waals surface area contributed by atoms with Gasteiger partial charge in [-0.05, 0) is 151 Å². The second-order valence-corrected chi connectivity index (χ2v) is 30.8. The highest BCUT2D eigenvalue weighted by Gasteiger charge is 2.27. The molecule has 0 radical (unpaired) electrons. The molecule has 0 aliphatic carbocycles. The Morgan fingerprint density at radius 3 is 0.902 bits per heavy atom. The summed E-state index contributed by atoms with van der Waals surface area (Å²) >= 11 is 0. The number of nitrogens with zero attached hydrogens (tertiary/aromatic N) is 29. The van der Waals surface area contributed by atoms with Gasteiger partial charge in [0.2, 0.25) is 0 Å². The summed E-state index contributed by atoms with van der Waals surface area (Å²) in [5.41, 5.74) is 55.9. The topological polar surface area (TPSA) is 519 Å². The number of benzene rings is 5. The molecule has 0 aliphatic heterocycles. The van der Waals surface area contributed by atoms with E-state index in [0.717, 1.165) is 144 Å². The molecule has 0 amide bonds. The van der Waals surface area contributed by atoms with E-state index in [1.165, 1.54) is 0 Å². The number of nitriles is 5. The molecule has 132 heavy (non-hydrogen) atoms. The van der Waals surface area contributed by atoms with Gasteiger partial charge in [-0.15, -0.1) is 0 Å². The van der Waals surface area contributed by atoms with Crippen molar-refractivity contribution in [1.29, 1.82) is 26.3 Å². The van der Waals surface area contributed by atoms with Crippen molar-refractivity contribution >= 4 is 83.6 Å². The zero-order chi connectivity index (χ0) is 93.0. The monoisotopic (exact) mass is 1730 g/mol. The molecule has 642 valence electrons. The van der Waals surface area contributed by atoms with Crippen LogP contribution in [0.3, 0.4) is 0 Å². The Kier molecular flexibility index (Phi) is 23.9. The average molecular weight is 1730 g/mol. The van der Waals surface area contributed by atoms with Crippen LogP contribution in [-0.4, -0.2) is 118 Å². The Balaban J connectivity index is 0.000000120. The Hall–Kier alpha value is -18.9. The third-order valence-electron chi connectivity index (χ3n) is 22.2. The first-order chi connectivity index (χ1) is 63.7. The predicted molar refractivity (Wildman–Crippen MR) is 506 cm³/mol. The third-order valence-corrected chi connectivity index (χ3v) is 22.2. The van der Waals surface area contributed by atoms with Crippen LogP contribution in [0.2, 0.25) is 0 Å². The lowest BCUT2D eigenvalue weighted by atomic mass is 10.00. The molecule has 5 aromatic carbocycles. The number of pyridine rings is 5. The van der Waals surface area contributed by atoms with Crippen LogP contribution in [0.25, 0.3) is 167 Å². The molecule has 0 spiro atoms. The SMILES string of the molecule is Cc1c(-c2nc(N)c(C#N)nc2-c2ccc3ncccc3c2)cnn1C.Cc1cn(C)c(C)c1-c1nc(N)c(C#N)nc1-c1ccc2ncccc2c1.Cc1cn(C)nc1-c1nc(N)c(C#N)nc1-c1ccc2ncccc2c1.Cc1nn(C)c(C)c1-c1nc(N)c(C#N)nc1-c1ccc2ncccc2c1.Cc1nn(C)cc1-c1nc(N)c(C#N)nc1-c1ccc2ncccc2c1. The van der Waals surface area contributed by atoms with Crippen LogP contribution >= 0.6 is 0 Å². The summed E-state index contributed by atoms with van der Waals surface area (Å²) < 4.78 is 9.05. The number of aryl methyl sites for hydroxylation is 9. The van der Waals surface area contributed by atoms with Crippen LogP contribution in [-0.2, 0) is 35.2 Å². The molecule has 34 heteroatoms. The summed E-state index contributed by atoms with van der Waals surface area (Å²) in [6, 6.07) is 58.7. The van der Waals surface area contributed by atoms with E-state index < -0.39 is 0 Å². The molecular weight excluding hydrogens is 1650 g/mol. The molecule has 0 saturated heterocycles. The van der Waals surface area contributed by atoms with Crippen molar-refractivity contribution in [2.45, 2.75) is 48.5 Å². The maximum atomic E-state index is 9.39. The van der Waals surface area contributed by atoms with Crippen LogP contribution in [0.1, 0.15) is 68.1 Å². The molecule has 20 rings (SSSR count). The number of rotatable bonds is 10. The molecule has 34 nitrogen and oxygen atoms in total. The quantitative estimate of drug-likeness (QED) is 0.0849. The van der Waals surface area contributed by atoms with Gasteiger partial charge in [0.1, 0.15) is 64.5 Å². The van der Waals surface area contributed by atoms with Crippen molar-refractivity contribution in [3.63, 3.8) is 0 Å². The molecule has 0 unspecified atom stereocenters. The molecule has 0 fully saturated rings. The lowest BCUT2D eigenvalue weighted by Crippen LogP contribution is -2.04. The highest BCUT2D eigenvalue weighted by atomic mass is 15.3. The minimum absolute atomic E-state index is 0.0961. The summed E-state index contributed by atoms with van der Waals surface area (Å²) in [6.45, 7) is 13.8. The maximum absolute atomic E-state index is 9.39. The fourth-order valence-corrected chi connectivity index (χ4v) is 15.5. The minimum Gasteiger partial charge on any atom is -0.381 e. The number of hydrogen-bond acceptors (Lipinski definition) is 29. The zero-order valence-electron chi connectivity index (χ0n) is 73.5. The fourth-order valence-electron chi connectivity index (χ4n) is 15.5. The van der Waals surface area contributed by atoms with Gasteiger partial charge in [-0.1, -0.05) is 60.7 Å². The van der Waals surface area contributed by atoms with Crippen molar-refractivity contribution in [3.8, 4) is 143 Å². The van der Waals surface area contributed by atoms with Gasteiger partial charge in [-0.2, -0.15) is 46.7 Å². The first-order valence-corrected chi connectivity index (χ1v) is 41.0. The number of hydrogen-bond donors (Lipinski definition) is 5. The third kappa shape index (κ3) is 17.2. The number of anilines is 5. The molecule has 0 atom stereocenters. The Morgan fingerprint density at radius 1 is 0.280 bits per heavy atom. The van der Waals surface area contributed by atoms with Gasteiger partial charge in [-0.25, -0.2) is 49.8 Å².